The molecule has 0 unspecified atom stereocenters. The Hall–Kier alpha value is -5.36. The lowest BCUT2D eigenvalue weighted by molar-refractivity contribution is -0.119. The zero-order chi connectivity index (χ0) is 31.5. The molecule has 0 radical (unpaired) electrons. The molecule has 0 fully saturated rings. The minimum absolute atomic E-state index is 0.0281. The van der Waals surface area contributed by atoms with Crippen LogP contribution in [0.15, 0.2) is 107 Å². The Labute approximate surface area is 256 Å². The highest BCUT2D eigenvalue weighted by Crippen LogP contribution is 2.33. The maximum Gasteiger partial charge on any atom is 0.264 e. The van der Waals surface area contributed by atoms with Gasteiger partial charge in [-0.1, -0.05) is 24.3 Å². The van der Waals surface area contributed by atoms with Crippen LogP contribution in [0, 0.1) is 6.92 Å². The van der Waals surface area contributed by atoms with Gasteiger partial charge in [-0.25, -0.2) is 13.8 Å². The third-order valence-electron chi connectivity index (χ3n) is 6.25. The summed E-state index contributed by atoms with van der Waals surface area (Å²) in [5.74, 6) is 0.461. The Morgan fingerprint density at radius 1 is 0.841 bits per heavy atom. The molecule has 4 aromatic rings. The number of carbonyl (C=O) groups excluding carboxylic acids is 2. The first-order valence-electron chi connectivity index (χ1n) is 13.4. The third-order valence-corrected chi connectivity index (χ3v) is 8.02. The number of nitrogens with zero attached hydrogens (tertiary/aromatic N) is 2. The largest absolute Gasteiger partial charge is 0.497 e. The maximum atomic E-state index is 13.6. The molecular weight excluding hydrogens is 584 g/mol. The van der Waals surface area contributed by atoms with Crippen LogP contribution in [0.3, 0.4) is 0 Å². The van der Waals surface area contributed by atoms with Gasteiger partial charge in [-0.05, 0) is 90.8 Å². The fourth-order valence-electron chi connectivity index (χ4n) is 4.03. The van der Waals surface area contributed by atoms with Crippen molar-refractivity contribution in [1.82, 2.24) is 5.43 Å². The summed E-state index contributed by atoms with van der Waals surface area (Å²) in [5, 5.41) is 6.71. The van der Waals surface area contributed by atoms with Gasteiger partial charge in [0.1, 0.15) is 23.8 Å². The van der Waals surface area contributed by atoms with Crippen LogP contribution < -0.4 is 29.3 Å². The van der Waals surface area contributed by atoms with Crippen molar-refractivity contribution in [2.45, 2.75) is 11.8 Å². The first kappa shape index (κ1) is 31.6. The van der Waals surface area contributed by atoms with Gasteiger partial charge in [0.25, 0.3) is 21.8 Å². The van der Waals surface area contributed by atoms with Crippen molar-refractivity contribution >= 4 is 39.4 Å². The van der Waals surface area contributed by atoms with Gasteiger partial charge >= 0.3 is 0 Å². The van der Waals surface area contributed by atoms with Crippen LogP contribution in [0.5, 0.6) is 17.2 Å². The van der Waals surface area contributed by atoms with Crippen molar-refractivity contribution in [3.63, 3.8) is 0 Å². The number of hydrogen-bond acceptors (Lipinski definition) is 8. The Balaban J connectivity index is 1.37. The summed E-state index contributed by atoms with van der Waals surface area (Å²) in [4.78, 5) is 25.1. The first-order valence-corrected chi connectivity index (χ1v) is 14.8. The second-order valence-electron chi connectivity index (χ2n) is 9.43. The van der Waals surface area contributed by atoms with Crippen LogP contribution in [0.2, 0.25) is 0 Å². The Bertz CT molecular complexity index is 1710. The van der Waals surface area contributed by atoms with Gasteiger partial charge in [0.05, 0.1) is 31.0 Å². The van der Waals surface area contributed by atoms with E-state index in [1.165, 1.54) is 25.5 Å². The lowest BCUT2D eigenvalue weighted by Gasteiger charge is -2.25. The molecule has 11 nitrogen and oxygen atoms in total. The number of aryl methyl sites for hydroxylation is 1. The molecule has 0 heterocycles. The van der Waals surface area contributed by atoms with E-state index in [1.807, 2.05) is 6.92 Å². The van der Waals surface area contributed by atoms with Crippen molar-refractivity contribution in [2.24, 2.45) is 5.10 Å². The number of ether oxygens (including phenoxy) is 3. The monoisotopic (exact) mass is 616 g/mol. The molecule has 228 valence electrons. The molecule has 0 saturated carbocycles. The zero-order valence-corrected chi connectivity index (χ0v) is 25.2. The summed E-state index contributed by atoms with van der Waals surface area (Å²) >= 11 is 0. The molecule has 0 aliphatic rings. The second kappa shape index (κ2) is 14.7. The number of amides is 2. The Morgan fingerprint density at radius 3 is 2.18 bits per heavy atom. The maximum absolute atomic E-state index is 13.6. The number of methoxy groups -OCH3 is 2. The molecule has 0 aliphatic carbocycles. The standard InChI is InChI=1S/C32H32N4O7S/c1-23-9-18-30(42-3)29(19-23)36(44(39,40)28-7-5-4-6-8-28)21-31(37)35-33-20-24-10-14-27(15-11-24)43-22-32(38)34-25-12-16-26(41-2)17-13-25/h4-20H,21-22H2,1-3H3,(H,34,38)(H,35,37)/b33-20-. The normalized spacial score (nSPS) is 11.1. The number of rotatable bonds is 13. The van der Waals surface area contributed by atoms with E-state index in [2.05, 4.69) is 15.8 Å². The van der Waals surface area contributed by atoms with Crippen molar-refractivity contribution in [3.05, 3.63) is 108 Å². The number of hydrazone groups is 1. The van der Waals surface area contributed by atoms with E-state index in [9.17, 15) is 18.0 Å². The molecule has 2 amide bonds. The third kappa shape index (κ3) is 8.35. The number of hydrogen-bond donors (Lipinski definition) is 2. The molecule has 4 rings (SSSR count). The van der Waals surface area contributed by atoms with E-state index < -0.39 is 22.5 Å². The highest BCUT2D eigenvalue weighted by molar-refractivity contribution is 7.92. The second-order valence-corrected chi connectivity index (χ2v) is 11.3. The molecule has 0 spiro atoms. The van der Waals surface area contributed by atoms with E-state index in [-0.39, 0.29) is 23.1 Å². The smallest absolute Gasteiger partial charge is 0.264 e. The summed E-state index contributed by atoms with van der Waals surface area (Å²) in [5.41, 5.74) is 4.65. The highest BCUT2D eigenvalue weighted by Gasteiger charge is 2.29. The van der Waals surface area contributed by atoms with Crippen LogP contribution in [-0.4, -0.2) is 53.8 Å². The van der Waals surface area contributed by atoms with Gasteiger partial charge in [-0.15, -0.1) is 0 Å². The fourth-order valence-corrected chi connectivity index (χ4v) is 5.47. The van der Waals surface area contributed by atoms with E-state index in [0.29, 0.717) is 28.5 Å². The van der Waals surface area contributed by atoms with Gasteiger partial charge in [-0.2, -0.15) is 5.10 Å². The average molecular weight is 617 g/mol. The quantitative estimate of drug-likeness (QED) is 0.168. The van der Waals surface area contributed by atoms with Gasteiger partial charge in [0, 0.05) is 5.69 Å². The highest BCUT2D eigenvalue weighted by atomic mass is 32.2. The number of nitrogens with one attached hydrogen (secondary N) is 2. The van der Waals surface area contributed by atoms with Crippen molar-refractivity contribution in [2.75, 3.05) is 37.0 Å². The number of benzene rings is 4. The molecule has 0 atom stereocenters. The zero-order valence-electron chi connectivity index (χ0n) is 24.4. The van der Waals surface area contributed by atoms with Crippen molar-refractivity contribution in [3.8, 4) is 17.2 Å². The van der Waals surface area contributed by atoms with E-state index in [0.717, 1.165) is 9.87 Å². The average Bonchev–Trinajstić information content (AvgIpc) is 3.04. The van der Waals surface area contributed by atoms with Crippen LogP contribution in [0.1, 0.15) is 11.1 Å². The summed E-state index contributed by atoms with van der Waals surface area (Å²) < 4.78 is 44.2. The van der Waals surface area contributed by atoms with Crippen molar-refractivity contribution < 1.29 is 32.2 Å². The molecule has 0 aliphatic heterocycles. The predicted molar refractivity (Wildman–Crippen MR) is 168 cm³/mol. The van der Waals surface area contributed by atoms with Gasteiger partial charge in [-0.3, -0.25) is 13.9 Å². The SMILES string of the molecule is COc1ccc(NC(=O)COc2ccc(/C=N\NC(=O)CN(c3cc(C)ccc3OC)S(=O)(=O)c3ccccc3)cc2)cc1. The molecule has 12 heteroatoms. The molecule has 0 bridgehead atoms. The van der Waals surface area contributed by atoms with Gasteiger partial charge in [0.15, 0.2) is 6.61 Å². The van der Waals surface area contributed by atoms with E-state index in [1.54, 1.807) is 92.0 Å². The Morgan fingerprint density at radius 2 is 1.52 bits per heavy atom. The Kier molecular flexibility index (Phi) is 10.5. The molecule has 0 saturated heterocycles. The first-order chi connectivity index (χ1) is 21.2. The number of sulfonamides is 1. The van der Waals surface area contributed by atoms with Crippen LogP contribution in [0.4, 0.5) is 11.4 Å². The van der Waals surface area contributed by atoms with E-state index in [4.69, 9.17) is 14.2 Å². The molecule has 2 N–H and O–H groups in total. The number of anilines is 2. The summed E-state index contributed by atoms with van der Waals surface area (Å²) in [7, 11) is -1.12. The van der Waals surface area contributed by atoms with Crippen LogP contribution in [-0.2, 0) is 19.6 Å². The van der Waals surface area contributed by atoms with Crippen molar-refractivity contribution in [1.29, 1.82) is 0 Å². The van der Waals surface area contributed by atoms with Gasteiger partial charge in [0.2, 0.25) is 0 Å². The van der Waals surface area contributed by atoms with Crippen LogP contribution in [0.25, 0.3) is 0 Å². The molecular formula is C32H32N4O7S. The molecule has 0 aromatic heterocycles. The minimum Gasteiger partial charge on any atom is -0.497 e. The lowest BCUT2D eigenvalue weighted by atomic mass is 10.2. The predicted octanol–water partition coefficient (Wildman–Crippen LogP) is 4.38. The topological polar surface area (TPSA) is 136 Å². The summed E-state index contributed by atoms with van der Waals surface area (Å²) in [6.07, 6.45) is 1.40. The summed E-state index contributed by atoms with van der Waals surface area (Å²) in [6.45, 7) is 1.08. The number of carbonyl (C=O) groups is 2. The minimum atomic E-state index is -4.12. The summed E-state index contributed by atoms with van der Waals surface area (Å²) in [6, 6.07) is 26.5. The fraction of sp³-hybridized carbons (Fsp3) is 0.156. The lowest BCUT2D eigenvalue weighted by Crippen LogP contribution is -2.39. The van der Waals surface area contributed by atoms with Gasteiger partial charge < -0.3 is 19.5 Å². The van der Waals surface area contributed by atoms with E-state index >= 15 is 0 Å². The molecule has 44 heavy (non-hydrogen) atoms. The molecule has 4 aromatic carbocycles. The van der Waals surface area contributed by atoms with Crippen LogP contribution >= 0.6 is 0 Å².